The van der Waals surface area contributed by atoms with Crippen molar-refractivity contribution >= 4 is 28.3 Å². The monoisotopic (exact) mass is 466 g/mol. The molecule has 0 aromatic rings. The van der Waals surface area contributed by atoms with Crippen LogP contribution in [-0.2, 0) is 29.9 Å². The average Bonchev–Trinajstić information content (AvgIpc) is 2.99. The van der Waals surface area contributed by atoms with Crippen LogP contribution in [0.3, 0.4) is 0 Å². The Labute approximate surface area is 191 Å². The summed E-state index contributed by atoms with van der Waals surface area (Å²) in [5, 5.41) is 23.0. The van der Waals surface area contributed by atoms with E-state index in [4.69, 9.17) is 0 Å². The van der Waals surface area contributed by atoms with Crippen LogP contribution in [0.15, 0.2) is 11.6 Å². The van der Waals surface area contributed by atoms with Gasteiger partial charge in [0.1, 0.15) is 11.4 Å². The van der Waals surface area contributed by atoms with Crippen molar-refractivity contribution in [1.82, 2.24) is 0 Å². The zero-order chi connectivity index (χ0) is 23.5. The highest BCUT2D eigenvalue weighted by Crippen LogP contribution is 2.67. The number of fused-ring (bicyclic) bond motifs is 5. The Kier molecular flexibility index (Phi) is 6.04. The quantitative estimate of drug-likeness (QED) is 0.592. The molecule has 3 saturated carbocycles. The van der Waals surface area contributed by atoms with Crippen LogP contribution in [0.1, 0.15) is 58.8 Å². The number of ketones is 2. The molecule has 7 nitrogen and oxygen atoms in total. The molecule has 0 spiro atoms. The van der Waals surface area contributed by atoms with E-state index < -0.39 is 45.4 Å². The number of rotatable bonds is 5. The first-order chi connectivity index (χ1) is 15.0. The van der Waals surface area contributed by atoms with Crippen molar-refractivity contribution < 1.29 is 33.5 Å². The van der Waals surface area contributed by atoms with E-state index in [1.807, 2.05) is 6.92 Å². The summed E-state index contributed by atoms with van der Waals surface area (Å²) >= 11 is 0. The summed E-state index contributed by atoms with van der Waals surface area (Å²) in [7, 11) is -0.552. The van der Waals surface area contributed by atoms with Crippen molar-refractivity contribution in [3.63, 3.8) is 0 Å². The fourth-order valence-corrected chi connectivity index (χ4v) is 8.67. The molecular formula is C24H34O7S. The summed E-state index contributed by atoms with van der Waals surface area (Å²) in [6.07, 6.45) is 5.18. The van der Waals surface area contributed by atoms with Crippen LogP contribution >= 0.6 is 0 Å². The Morgan fingerprint density at radius 3 is 2.59 bits per heavy atom. The van der Waals surface area contributed by atoms with Crippen LogP contribution in [0.4, 0.5) is 0 Å². The molecular weight excluding hydrogens is 432 g/mol. The molecule has 0 bridgehead atoms. The van der Waals surface area contributed by atoms with Crippen LogP contribution in [-0.4, -0.2) is 62.3 Å². The molecule has 0 unspecified atom stereocenters. The topological polar surface area (TPSA) is 118 Å². The van der Waals surface area contributed by atoms with Gasteiger partial charge in [-0.2, -0.15) is 0 Å². The Balaban J connectivity index is 1.60. The van der Waals surface area contributed by atoms with Gasteiger partial charge >= 0.3 is 5.97 Å². The maximum atomic E-state index is 13.2. The number of hydrogen-bond donors (Lipinski definition) is 2. The lowest BCUT2D eigenvalue weighted by Crippen LogP contribution is -2.62. The average molecular weight is 467 g/mol. The van der Waals surface area contributed by atoms with Crippen LogP contribution in [0.25, 0.3) is 0 Å². The lowest BCUT2D eigenvalue weighted by Gasteiger charge is -2.60. The minimum absolute atomic E-state index is 0.000386. The number of Topliss-reactive ketones (excluding diaryl/α,β-unsaturated/α-hetero) is 1. The Morgan fingerprint density at radius 2 is 1.91 bits per heavy atom. The highest BCUT2D eigenvalue weighted by atomic mass is 32.2. The minimum Gasteiger partial charge on any atom is -0.468 e. The van der Waals surface area contributed by atoms with Crippen molar-refractivity contribution in [3.05, 3.63) is 11.6 Å². The second kappa shape index (κ2) is 8.13. The molecule has 178 valence electrons. The molecule has 32 heavy (non-hydrogen) atoms. The van der Waals surface area contributed by atoms with Gasteiger partial charge in [0.25, 0.3) is 0 Å². The lowest BCUT2D eigenvalue weighted by molar-refractivity contribution is -0.178. The molecule has 0 aromatic carbocycles. The number of allylic oxidation sites excluding steroid dienone is 1. The van der Waals surface area contributed by atoms with Gasteiger partial charge in [-0.05, 0) is 67.8 Å². The van der Waals surface area contributed by atoms with Gasteiger partial charge in [0.15, 0.2) is 11.6 Å². The molecule has 0 heterocycles. The number of hydrogen-bond acceptors (Lipinski definition) is 7. The summed E-state index contributed by atoms with van der Waals surface area (Å²) in [5.41, 5.74) is -1.58. The van der Waals surface area contributed by atoms with Crippen LogP contribution < -0.4 is 0 Å². The van der Waals surface area contributed by atoms with E-state index in [1.54, 1.807) is 6.08 Å². The molecule has 4 rings (SSSR count). The van der Waals surface area contributed by atoms with Crippen molar-refractivity contribution in [3.8, 4) is 0 Å². The molecule has 3 fully saturated rings. The van der Waals surface area contributed by atoms with E-state index in [0.717, 1.165) is 24.8 Å². The smallest absolute Gasteiger partial charge is 0.318 e. The zero-order valence-corrected chi connectivity index (χ0v) is 19.9. The van der Waals surface area contributed by atoms with Gasteiger partial charge in [-0.25, -0.2) is 0 Å². The third-order valence-electron chi connectivity index (χ3n) is 9.31. The lowest BCUT2D eigenvalue weighted by atomic mass is 9.45. The number of esters is 1. The highest BCUT2D eigenvalue weighted by Gasteiger charge is 2.68. The predicted octanol–water partition coefficient (Wildman–Crippen LogP) is 1.71. The molecule has 0 radical (unpaired) electrons. The summed E-state index contributed by atoms with van der Waals surface area (Å²) in [6, 6.07) is 0. The molecule has 0 amide bonds. The third kappa shape index (κ3) is 3.44. The fraction of sp³-hybridized carbons (Fsp3) is 0.792. The standard InChI is InChI=1S/C24H34O7S/c1-22-8-6-15(25)10-14(22)4-5-16-17-7-9-24(29,23(17,2)11-18(26)21(16)22)19(27)12-32(30)13-20(28)31-3/h10,16-18,21,26,29H,4-9,11-13H2,1-3H3/t16-,17-,18-,21+,22-,23-,24-,32+/m0/s1. The maximum absolute atomic E-state index is 13.2. The van der Waals surface area contributed by atoms with Gasteiger partial charge in [-0.3, -0.25) is 18.6 Å². The molecule has 2 N–H and O–H groups in total. The number of carbonyl (C=O) groups excluding carboxylic acids is 3. The Morgan fingerprint density at radius 1 is 1.19 bits per heavy atom. The highest BCUT2D eigenvalue weighted by molar-refractivity contribution is 7.86. The minimum atomic E-state index is -1.75. The zero-order valence-electron chi connectivity index (χ0n) is 19.1. The summed E-state index contributed by atoms with van der Waals surface area (Å²) < 4.78 is 16.8. The van der Waals surface area contributed by atoms with Gasteiger partial charge in [0.2, 0.25) is 0 Å². The number of aliphatic hydroxyl groups excluding tert-OH is 1. The molecule has 0 saturated heterocycles. The Bertz CT molecular complexity index is 897. The number of carbonyl (C=O) groups is 3. The van der Waals surface area contributed by atoms with Crippen molar-refractivity contribution in [2.75, 3.05) is 18.6 Å². The van der Waals surface area contributed by atoms with Gasteiger partial charge < -0.3 is 14.9 Å². The molecule has 0 aliphatic heterocycles. The maximum Gasteiger partial charge on any atom is 0.318 e. The van der Waals surface area contributed by atoms with Crippen LogP contribution in [0, 0.1) is 28.6 Å². The van der Waals surface area contributed by atoms with E-state index in [1.165, 1.54) is 7.11 Å². The second-order valence-electron chi connectivity index (χ2n) is 10.7. The summed E-state index contributed by atoms with van der Waals surface area (Å²) in [6.45, 7) is 4.06. The van der Waals surface area contributed by atoms with Gasteiger partial charge in [-0.1, -0.05) is 19.4 Å². The van der Waals surface area contributed by atoms with Gasteiger partial charge in [-0.15, -0.1) is 0 Å². The van der Waals surface area contributed by atoms with Crippen LogP contribution in [0.2, 0.25) is 0 Å². The molecule has 4 aliphatic rings. The normalized spacial score (nSPS) is 44.0. The first-order valence-electron chi connectivity index (χ1n) is 11.6. The van der Waals surface area contributed by atoms with Crippen LogP contribution in [0.5, 0.6) is 0 Å². The largest absolute Gasteiger partial charge is 0.468 e. The van der Waals surface area contributed by atoms with Crippen molar-refractivity contribution in [1.29, 1.82) is 0 Å². The van der Waals surface area contributed by atoms with E-state index >= 15 is 0 Å². The van der Waals surface area contributed by atoms with Gasteiger partial charge in [0, 0.05) is 22.6 Å². The molecule has 0 aromatic heterocycles. The number of methoxy groups -OCH3 is 1. The number of ether oxygens (including phenoxy) is 1. The second-order valence-corrected chi connectivity index (χ2v) is 12.2. The summed E-state index contributed by atoms with van der Waals surface area (Å²) in [4.78, 5) is 36.6. The predicted molar refractivity (Wildman–Crippen MR) is 118 cm³/mol. The van der Waals surface area contributed by atoms with E-state index in [9.17, 15) is 28.8 Å². The van der Waals surface area contributed by atoms with E-state index in [0.29, 0.717) is 19.3 Å². The third-order valence-corrected chi connectivity index (χ3v) is 10.5. The number of aliphatic hydroxyl groups is 2. The fourth-order valence-electron chi connectivity index (χ4n) is 7.66. The summed E-state index contributed by atoms with van der Waals surface area (Å²) in [5.74, 6) is -1.56. The van der Waals surface area contributed by atoms with Gasteiger partial charge in [0.05, 0.1) is 19.0 Å². The molecule has 8 atom stereocenters. The Hall–Kier alpha value is -1.38. The van der Waals surface area contributed by atoms with Crippen molar-refractivity contribution in [2.24, 2.45) is 28.6 Å². The molecule has 8 heteroatoms. The SMILES string of the molecule is COC(=O)C[S@](=O)CC(=O)[C@@]1(O)CC[C@H]2[C@@H]3CCC4=CC(=O)CC[C@]4(C)[C@H]3[C@@H](O)C[C@@]21C. The molecule has 4 aliphatic carbocycles. The van der Waals surface area contributed by atoms with E-state index in [-0.39, 0.29) is 41.1 Å². The van der Waals surface area contributed by atoms with Crippen molar-refractivity contribution in [2.45, 2.75) is 70.5 Å². The first kappa shape index (κ1) is 23.8. The van der Waals surface area contributed by atoms with E-state index in [2.05, 4.69) is 11.7 Å². The first-order valence-corrected chi connectivity index (χ1v) is 13.0.